The van der Waals surface area contributed by atoms with Gasteiger partial charge in [0.1, 0.15) is 0 Å². The number of rotatable bonds is 7. The molecule has 0 spiro atoms. The van der Waals surface area contributed by atoms with E-state index in [-0.39, 0.29) is 0 Å². The van der Waals surface area contributed by atoms with Crippen LogP contribution in [0.5, 0.6) is 0 Å². The lowest BCUT2D eigenvalue weighted by atomic mass is 9.72. The van der Waals surface area contributed by atoms with Crippen molar-refractivity contribution in [3.8, 4) is 0 Å². The van der Waals surface area contributed by atoms with Crippen LogP contribution in [0.3, 0.4) is 0 Å². The Morgan fingerprint density at radius 1 is 1.09 bits per heavy atom. The smallest absolute Gasteiger partial charge is 0.0597 e. The lowest BCUT2D eigenvalue weighted by Crippen LogP contribution is -2.34. The lowest BCUT2D eigenvalue weighted by Gasteiger charge is -2.37. The molecule has 1 saturated carbocycles. The maximum Gasteiger partial charge on any atom is 0.0597 e. The summed E-state index contributed by atoms with van der Waals surface area (Å²) in [7, 11) is 0. The molecule has 23 heavy (non-hydrogen) atoms. The Kier molecular flexibility index (Phi) is 7.36. The van der Waals surface area contributed by atoms with Crippen LogP contribution in [0.15, 0.2) is 24.3 Å². The number of hydrogen-bond acceptors (Lipinski definition) is 2. The molecule has 0 radical (unpaired) electrons. The summed E-state index contributed by atoms with van der Waals surface area (Å²) in [6, 6.07) is 0. The van der Waals surface area contributed by atoms with Crippen molar-refractivity contribution in [3.63, 3.8) is 0 Å². The molecule has 0 aliphatic heterocycles. The van der Waals surface area contributed by atoms with Gasteiger partial charge in [0.15, 0.2) is 0 Å². The fourth-order valence-electron chi connectivity index (χ4n) is 3.92. The summed E-state index contributed by atoms with van der Waals surface area (Å²) in [6.45, 7) is 13.7. The topological polar surface area (TPSA) is 12.5 Å². The van der Waals surface area contributed by atoms with Gasteiger partial charge in [0, 0.05) is 13.1 Å². The van der Waals surface area contributed by atoms with Crippen LogP contribution in [0.25, 0.3) is 0 Å². The minimum absolute atomic E-state index is 0.464. The lowest BCUT2D eigenvalue weighted by molar-refractivity contribution is -0.00514. The maximum atomic E-state index is 6.19. The van der Waals surface area contributed by atoms with Gasteiger partial charge in [0.25, 0.3) is 0 Å². The molecule has 0 N–H and O–H groups in total. The molecule has 2 aliphatic carbocycles. The van der Waals surface area contributed by atoms with E-state index in [0.717, 1.165) is 32.2 Å². The summed E-state index contributed by atoms with van der Waals surface area (Å²) >= 11 is 0. The van der Waals surface area contributed by atoms with Crippen LogP contribution >= 0.6 is 0 Å². The van der Waals surface area contributed by atoms with Gasteiger partial charge in [-0.1, -0.05) is 52.0 Å². The Morgan fingerprint density at radius 3 is 2.39 bits per heavy atom. The second-order valence-electron chi connectivity index (χ2n) is 8.41. The van der Waals surface area contributed by atoms with Gasteiger partial charge in [-0.2, -0.15) is 0 Å². The van der Waals surface area contributed by atoms with Gasteiger partial charge in [-0.15, -0.1) is 0 Å². The minimum atomic E-state index is 0.464. The molecule has 0 aromatic carbocycles. The first-order valence-electron chi connectivity index (χ1n) is 9.66. The van der Waals surface area contributed by atoms with Gasteiger partial charge >= 0.3 is 0 Å². The van der Waals surface area contributed by atoms with Crippen molar-refractivity contribution in [2.24, 2.45) is 17.3 Å². The van der Waals surface area contributed by atoms with Crippen LogP contribution in [0.1, 0.15) is 59.8 Å². The number of hydrogen-bond donors (Lipinski definition) is 0. The van der Waals surface area contributed by atoms with E-state index >= 15 is 0 Å². The van der Waals surface area contributed by atoms with E-state index in [9.17, 15) is 0 Å². The van der Waals surface area contributed by atoms with E-state index in [1.807, 2.05) is 0 Å². The average molecular weight is 320 g/mol. The average Bonchev–Trinajstić information content (AvgIpc) is 2.54. The third kappa shape index (κ3) is 6.43. The molecule has 2 heteroatoms. The van der Waals surface area contributed by atoms with Gasteiger partial charge < -0.3 is 9.64 Å². The first-order chi connectivity index (χ1) is 11.0. The molecule has 2 rings (SSSR count). The van der Waals surface area contributed by atoms with E-state index in [4.69, 9.17) is 4.74 Å². The Balaban J connectivity index is 1.62. The zero-order valence-electron chi connectivity index (χ0n) is 15.8. The van der Waals surface area contributed by atoms with Crippen molar-refractivity contribution in [1.82, 2.24) is 4.90 Å². The van der Waals surface area contributed by atoms with Gasteiger partial charge in [0.2, 0.25) is 0 Å². The molecule has 1 unspecified atom stereocenters. The zero-order valence-corrected chi connectivity index (χ0v) is 15.8. The minimum Gasteiger partial charge on any atom is -0.377 e. The standard InChI is InChI=1S/C21H37NO/c1-5-22(17-18-9-7-6-8-10-18)15-16-23-20-13-11-19(12-14-20)21(2,3)4/h6-9,18-20H,5,10-17H2,1-4H3. The molecule has 0 aromatic rings. The molecular formula is C21H37NO. The van der Waals surface area contributed by atoms with Gasteiger partial charge in [-0.25, -0.2) is 0 Å². The van der Waals surface area contributed by atoms with E-state index in [1.54, 1.807) is 0 Å². The molecular weight excluding hydrogens is 282 g/mol. The van der Waals surface area contributed by atoms with E-state index in [1.165, 1.54) is 32.1 Å². The zero-order chi connectivity index (χ0) is 16.7. The number of likely N-dealkylation sites (N-methyl/N-ethyl adjacent to an activating group) is 1. The predicted molar refractivity (Wildman–Crippen MR) is 99.7 cm³/mol. The van der Waals surface area contributed by atoms with Crippen LogP contribution in [0.4, 0.5) is 0 Å². The molecule has 0 heterocycles. The van der Waals surface area contributed by atoms with Crippen molar-refractivity contribution in [3.05, 3.63) is 24.3 Å². The molecule has 2 nitrogen and oxygen atoms in total. The Labute approximate surface area is 144 Å². The normalized spacial score (nSPS) is 28.5. The number of allylic oxidation sites excluding steroid dienone is 3. The largest absolute Gasteiger partial charge is 0.377 e. The first-order valence-corrected chi connectivity index (χ1v) is 9.66. The Bertz CT molecular complexity index is 385. The monoisotopic (exact) mass is 319 g/mol. The van der Waals surface area contributed by atoms with Gasteiger partial charge in [-0.3, -0.25) is 0 Å². The van der Waals surface area contributed by atoms with Gasteiger partial charge in [-0.05, 0) is 55.9 Å². The predicted octanol–water partition coefficient (Wildman–Crippen LogP) is 5.06. The molecule has 2 aliphatic rings. The van der Waals surface area contributed by atoms with E-state index in [0.29, 0.717) is 17.4 Å². The fourth-order valence-corrected chi connectivity index (χ4v) is 3.92. The SMILES string of the molecule is CCN(CCOC1CCC(C(C)(C)C)CC1)CC1C=CC=CC1. The summed E-state index contributed by atoms with van der Waals surface area (Å²) in [5.41, 5.74) is 0.464. The van der Waals surface area contributed by atoms with Crippen LogP contribution in [0.2, 0.25) is 0 Å². The van der Waals surface area contributed by atoms with Crippen LogP contribution in [-0.2, 0) is 4.74 Å². The Hall–Kier alpha value is -0.600. The second kappa shape index (κ2) is 9.03. The highest BCUT2D eigenvalue weighted by atomic mass is 16.5. The fraction of sp³-hybridized carbons (Fsp3) is 0.810. The van der Waals surface area contributed by atoms with Crippen LogP contribution in [-0.4, -0.2) is 37.2 Å². The second-order valence-corrected chi connectivity index (χ2v) is 8.41. The van der Waals surface area contributed by atoms with Crippen LogP contribution < -0.4 is 0 Å². The summed E-state index contributed by atoms with van der Waals surface area (Å²) in [6.07, 6.45) is 15.8. The molecule has 1 atom stereocenters. The third-order valence-electron chi connectivity index (χ3n) is 5.67. The molecule has 0 aromatic heterocycles. The number of nitrogens with zero attached hydrogens (tertiary/aromatic N) is 1. The van der Waals surface area contributed by atoms with E-state index in [2.05, 4.69) is 56.9 Å². The highest BCUT2D eigenvalue weighted by Crippen LogP contribution is 2.38. The van der Waals surface area contributed by atoms with Crippen LogP contribution in [0, 0.1) is 17.3 Å². The number of ether oxygens (including phenoxy) is 1. The molecule has 0 amide bonds. The molecule has 1 fully saturated rings. The maximum absolute atomic E-state index is 6.19. The summed E-state index contributed by atoms with van der Waals surface area (Å²) < 4.78 is 6.19. The Morgan fingerprint density at radius 2 is 1.83 bits per heavy atom. The summed E-state index contributed by atoms with van der Waals surface area (Å²) in [5.74, 6) is 1.56. The highest BCUT2D eigenvalue weighted by molar-refractivity contribution is 5.11. The highest BCUT2D eigenvalue weighted by Gasteiger charge is 2.29. The molecule has 0 saturated heterocycles. The van der Waals surface area contributed by atoms with E-state index < -0.39 is 0 Å². The van der Waals surface area contributed by atoms with Gasteiger partial charge in [0.05, 0.1) is 12.7 Å². The van der Waals surface area contributed by atoms with Crippen molar-refractivity contribution in [1.29, 1.82) is 0 Å². The van der Waals surface area contributed by atoms with Crippen molar-refractivity contribution < 1.29 is 4.74 Å². The summed E-state index contributed by atoms with van der Waals surface area (Å²) in [5, 5.41) is 0. The third-order valence-corrected chi connectivity index (χ3v) is 5.67. The van der Waals surface area contributed by atoms with Crippen molar-refractivity contribution >= 4 is 0 Å². The molecule has 132 valence electrons. The van der Waals surface area contributed by atoms with Crippen molar-refractivity contribution in [2.75, 3.05) is 26.2 Å². The van der Waals surface area contributed by atoms with Crippen molar-refractivity contribution in [2.45, 2.75) is 65.9 Å². The first kappa shape index (κ1) is 18.7. The quantitative estimate of drug-likeness (QED) is 0.650. The summed E-state index contributed by atoms with van der Waals surface area (Å²) in [4.78, 5) is 2.54. The molecule has 0 bridgehead atoms.